The first kappa shape index (κ1) is 14.8. The Hall–Kier alpha value is -0.170. The molecule has 1 N–H and O–H groups in total. The van der Waals surface area contributed by atoms with Crippen LogP contribution in [0.5, 0.6) is 0 Å². The van der Waals surface area contributed by atoms with E-state index >= 15 is 0 Å². The van der Waals surface area contributed by atoms with Gasteiger partial charge in [-0.3, -0.25) is 0 Å². The zero-order chi connectivity index (χ0) is 14.0. The minimum Gasteiger partial charge on any atom is -0.313 e. The molecule has 0 spiro atoms. The Morgan fingerprint density at radius 1 is 1.00 bits per heavy atom. The summed E-state index contributed by atoms with van der Waals surface area (Å²) in [6.07, 6.45) is 8.83. The summed E-state index contributed by atoms with van der Waals surface area (Å²) in [6, 6.07) is 0.620. The molecule has 1 unspecified atom stereocenters. The van der Waals surface area contributed by atoms with Gasteiger partial charge in [-0.1, -0.05) is 12.8 Å². The van der Waals surface area contributed by atoms with E-state index in [1.54, 1.807) is 8.61 Å². The van der Waals surface area contributed by atoms with Gasteiger partial charge in [0.25, 0.3) is 10.2 Å². The van der Waals surface area contributed by atoms with Crippen LogP contribution >= 0.6 is 0 Å². The van der Waals surface area contributed by atoms with Gasteiger partial charge in [-0.2, -0.15) is 17.0 Å². The highest BCUT2D eigenvalue weighted by Crippen LogP contribution is 2.32. The molecule has 116 valence electrons. The number of rotatable bonds is 5. The van der Waals surface area contributed by atoms with Crippen LogP contribution in [0.15, 0.2) is 0 Å². The Kier molecular flexibility index (Phi) is 4.65. The summed E-state index contributed by atoms with van der Waals surface area (Å²) < 4.78 is 29.3. The van der Waals surface area contributed by atoms with E-state index < -0.39 is 10.2 Å². The predicted molar refractivity (Wildman–Crippen MR) is 79.7 cm³/mol. The highest BCUT2D eigenvalue weighted by atomic mass is 32.2. The summed E-state index contributed by atoms with van der Waals surface area (Å²) in [5.41, 5.74) is 0. The standard InChI is InChI=1S/C14H27N3O2S/c18-20(19,16-10-4-1-5-11-16)17(14-7-8-14)12-13-6-2-3-9-15-13/h13-15H,1-12H2. The van der Waals surface area contributed by atoms with E-state index in [0.717, 1.165) is 38.6 Å². The number of nitrogens with one attached hydrogen (secondary N) is 1. The van der Waals surface area contributed by atoms with E-state index in [1.165, 1.54) is 19.3 Å². The zero-order valence-electron chi connectivity index (χ0n) is 12.3. The topological polar surface area (TPSA) is 52.7 Å². The summed E-state index contributed by atoms with van der Waals surface area (Å²) in [6.45, 7) is 3.13. The fourth-order valence-electron chi connectivity index (χ4n) is 3.34. The summed E-state index contributed by atoms with van der Waals surface area (Å²) >= 11 is 0. The van der Waals surface area contributed by atoms with Gasteiger partial charge >= 0.3 is 0 Å². The van der Waals surface area contributed by atoms with Crippen molar-refractivity contribution in [2.45, 2.75) is 63.5 Å². The molecule has 2 aliphatic heterocycles. The molecule has 0 amide bonds. The highest BCUT2D eigenvalue weighted by molar-refractivity contribution is 7.86. The average molecular weight is 301 g/mol. The highest BCUT2D eigenvalue weighted by Gasteiger charge is 2.41. The zero-order valence-corrected chi connectivity index (χ0v) is 13.1. The average Bonchev–Trinajstić information content (AvgIpc) is 3.31. The third kappa shape index (κ3) is 3.35. The van der Waals surface area contributed by atoms with Gasteiger partial charge in [0, 0.05) is 31.7 Å². The molecule has 1 aliphatic carbocycles. The van der Waals surface area contributed by atoms with Crippen LogP contribution in [0, 0.1) is 0 Å². The molecule has 0 bridgehead atoms. The number of hydrogen-bond acceptors (Lipinski definition) is 3. The Balaban J connectivity index is 1.68. The molecule has 6 heteroatoms. The van der Waals surface area contributed by atoms with E-state index in [4.69, 9.17) is 0 Å². The summed E-state index contributed by atoms with van der Waals surface area (Å²) in [7, 11) is -3.23. The molecule has 2 heterocycles. The van der Waals surface area contributed by atoms with Crippen molar-refractivity contribution < 1.29 is 8.42 Å². The lowest BCUT2D eigenvalue weighted by atomic mass is 10.1. The molecule has 1 saturated carbocycles. The molecule has 0 radical (unpaired) electrons. The van der Waals surface area contributed by atoms with Gasteiger partial charge in [0.05, 0.1) is 0 Å². The Labute approximate surface area is 122 Å². The van der Waals surface area contributed by atoms with Crippen LogP contribution in [0.3, 0.4) is 0 Å². The molecule has 3 fully saturated rings. The van der Waals surface area contributed by atoms with Crippen molar-refractivity contribution in [1.29, 1.82) is 0 Å². The summed E-state index contributed by atoms with van der Waals surface area (Å²) in [5.74, 6) is 0. The first-order chi connectivity index (χ1) is 9.68. The quantitative estimate of drug-likeness (QED) is 0.833. The van der Waals surface area contributed by atoms with Gasteiger partial charge in [-0.15, -0.1) is 0 Å². The van der Waals surface area contributed by atoms with Crippen molar-refractivity contribution in [3.05, 3.63) is 0 Å². The second-order valence-electron chi connectivity index (χ2n) is 6.42. The van der Waals surface area contributed by atoms with Crippen molar-refractivity contribution in [2.24, 2.45) is 0 Å². The Morgan fingerprint density at radius 2 is 1.75 bits per heavy atom. The van der Waals surface area contributed by atoms with Crippen LogP contribution < -0.4 is 5.32 Å². The molecule has 3 rings (SSSR count). The van der Waals surface area contributed by atoms with Crippen LogP contribution in [0.25, 0.3) is 0 Å². The predicted octanol–water partition coefficient (Wildman–Crippen LogP) is 1.32. The normalized spacial score (nSPS) is 29.8. The van der Waals surface area contributed by atoms with Crippen LogP contribution in [0.4, 0.5) is 0 Å². The van der Waals surface area contributed by atoms with Crippen molar-refractivity contribution in [1.82, 2.24) is 13.9 Å². The molecule has 5 nitrogen and oxygen atoms in total. The molecule has 3 aliphatic rings. The third-order valence-electron chi connectivity index (χ3n) is 4.70. The Morgan fingerprint density at radius 3 is 2.35 bits per heavy atom. The lowest BCUT2D eigenvalue weighted by Gasteiger charge is -2.35. The first-order valence-electron chi connectivity index (χ1n) is 8.18. The minimum atomic E-state index is -3.23. The van der Waals surface area contributed by atoms with Gasteiger partial charge < -0.3 is 5.32 Å². The molecular weight excluding hydrogens is 274 g/mol. The molecular formula is C14H27N3O2S. The first-order valence-corrected chi connectivity index (χ1v) is 9.58. The maximum atomic E-state index is 12.9. The smallest absolute Gasteiger partial charge is 0.282 e. The maximum absolute atomic E-state index is 12.9. The fourth-order valence-corrected chi connectivity index (χ4v) is 5.31. The summed E-state index contributed by atoms with van der Waals surface area (Å²) in [4.78, 5) is 0. The fraction of sp³-hybridized carbons (Fsp3) is 1.00. The molecule has 0 aromatic heterocycles. The lowest BCUT2D eigenvalue weighted by Crippen LogP contribution is -2.52. The van der Waals surface area contributed by atoms with Gasteiger partial charge in [0.2, 0.25) is 0 Å². The monoisotopic (exact) mass is 301 g/mol. The van der Waals surface area contributed by atoms with Crippen LogP contribution in [-0.2, 0) is 10.2 Å². The van der Waals surface area contributed by atoms with E-state index in [1.807, 2.05) is 0 Å². The van der Waals surface area contributed by atoms with E-state index in [-0.39, 0.29) is 6.04 Å². The molecule has 0 aromatic carbocycles. The van der Waals surface area contributed by atoms with Crippen LogP contribution in [0.1, 0.15) is 51.4 Å². The molecule has 2 saturated heterocycles. The van der Waals surface area contributed by atoms with E-state index in [2.05, 4.69) is 5.32 Å². The van der Waals surface area contributed by atoms with Crippen molar-refractivity contribution in [2.75, 3.05) is 26.2 Å². The lowest BCUT2D eigenvalue weighted by molar-refractivity contribution is 0.269. The van der Waals surface area contributed by atoms with Crippen LogP contribution in [0.2, 0.25) is 0 Å². The molecule has 0 aromatic rings. The number of hydrogen-bond donors (Lipinski definition) is 1. The van der Waals surface area contributed by atoms with Crippen molar-refractivity contribution in [3.63, 3.8) is 0 Å². The SMILES string of the molecule is O=S(=O)(N1CCCCC1)N(CC1CCCCN1)C1CC1. The summed E-state index contributed by atoms with van der Waals surface area (Å²) in [5, 5.41) is 3.48. The van der Waals surface area contributed by atoms with Gasteiger partial charge in [-0.25, -0.2) is 0 Å². The number of nitrogens with zero attached hydrogens (tertiary/aromatic N) is 2. The van der Waals surface area contributed by atoms with Crippen molar-refractivity contribution >= 4 is 10.2 Å². The largest absolute Gasteiger partial charge is 0.313 e. The maximum Gasteiger partial charge on any atom is 0.282 e. The Bertz CT molecular complexity index is 410. The van der Waals surface area contributed by atoms with Crippen LogP contribution in [-0.4, -0.2) is 55.3 Å². The van der Waals surface area contributed by atoms with Gasteiger partial charge in [-0.05, 0) is 45.1 Å². The van der Waals surface area contributed by atoms with Crippen molar-refractivity contribution in [3.8, 4) is 0 Å². The second-order valence-corrected chi connectivity index (χ2v) is 8.30. The number of piperidine rings is 2. The molecule has 1 atom stereocenters. The molecule has 20 heavy (non-hydrogen) atoms. The van der Waals surface area contributed by atoms with Gasteiger partial charge in [0.1, 0.15) is 0 Å². The third-order valence-corrected chi connectivity index (χ3v) is 6.76. The van der Waals surface area contributed by atoms with E-state index in [0.29, 0.717) is 25.7 Å². The second kappa shape index (κ2) is 6.30. The minimum absolute atomic E-state index is 0.269. The van der Waals surface area contributed by atoms with Gasteiger partial charge in [0.15, 0.2) is 0 Å². The van der Waals surface area contributed by atoms with E-state index in [9.17, 15) is 8.42 Å².